The highest BCUT2D eigenvalue weighted by atomic mass is 19.1. The van der Waals surface area contributed by atoms with Crippen molar-refractivity contribution < 1.29 is 19.1 Å². The van der Waals surface area contributed by atoms with Gasteiger partial charge in [0.15, 0.2) is 12.0 Å². The number of halogens is 1. The number of aromatic hydroxyl groups is 1. The van der Waals surface area contributed by atoms with Crippen LogP contribution in [0.25, 0.3) is 5.76 Å². The van der Waals surface area contributed by atoms with Gasteiger partial charge in [0.1, 0.15) is 11.6 Å². The zero-order valence-electron chi connectivity index (χ0n) is 13.7. The van der Waals surface area contributed by atoms with E-state index in [9.17, 15) is 14.3 Å². The molecule has 0 fully saturated rings. The second-order valence-corrected chi connectivity index (χ2v) is 5.71. The summed E-state index contributed by atoms with van der Waals surface area (Å²) in [6, 6.07) is 12.3. The first-order valence-electron chi connectivity index (χ1n) is 7.93. The van der Waals surface area contributed by atoms with Crippen LogP contribution in [0.1, 0.15) is 18.1 Å². The van der Waals surface area contributed by atoms with E-state index in [4.69, 9.17) is 4.84 Å². The second-order valence-electron chi connectivity index (χ2n) is 5.71. The Balaban J connectivity index is 1.92. The third kappa shape index (κ3) is 3.61. The maximum atomic E-state index is 13.2. The minimum atomic E-state index is -0.346. The van der Waals surface area contributed by atoms with Crippen molar-refractivity contribution in [2.24, 2.45) is 0 Å². The van der Waals surface area contributed by atoms with Gasteiger partial charge in [-0.1, -0.05) is 24.3 Å². The third-order valence-corrected chi connectivity index (χ3v) is 3.98. The summed E-state index contributed by atoms with van der Waals surface area (Å²) in [4.78, 5) is 17.6. The summed E-state index contributed by atoms with van der Waals surface area (Å²) >= 11 is 0. The molecule has 2 aromatic rings. The van der Waals surface area contributed by atoms with Crippen LogP contribution in [-0.2, 0) is 16.2 Å². The minimum absolute atomic E-state index is 0.190. The predicted octanol–water partition coefficient (Wildman–Crippen LogP) is 3.83. The van der Waals surface area contributed by atoms with Crippen LogP contribution < -0.4 is 0 Å². The molecule has 0 bridgehead atoms. The summed E-state index contributed by atoms with van der Waals surface area (Å²) in [7, 11) is 0. The van der Waals surface area contributed by atoms with Crippen LogP contribution in [0.5, 0.6) is 5.75 Å². The summed E-state index contributed by atoms with van der Waals surface area (Å²) in [5.74, 6) is 0.271. The van der Waals surface area contributed by atoms with Gasteiger partial charge in [0.05, 0.1) is 18.2 Å². The molecular weight excluding hydrogens is 321 g/mol. The first-order chi connectivity index (χ1) is 12.1. The van der Waals surface area contributed by atoms with Crippen LogP contribution in [-0.4, -0.2) is 22.5 Å². The molecule has 2 aromatic carbocycles. The van der Waals surface area contributed by atoms with Crippen LogP contribution in [0, 0.1) is 5.82 Å². The Labute approximate surface area is 145 Å². The van der Waals surface area contributed by atoms with Crippen molar-refractivity contribution in [2.45, 2.75) is 19.5 Å². The number of carbonyl (C=O) groups excluding carboxylic acids is 1. The maximum absolute atomic E-state index is 13.2. The molecule has 1 heterocycles. The van der Waals surface area contributed by atoms with E-state index in [0.717, 1.165) is 11.8 Å². The van der Waals surface area contributed by atoms with E-state index < -0.39 is 0 Å². The fourth-order valence-electron chi connectivity index (χ4n) is 2.75. The van der Waals surface area contributed by atoms with E-state index in [1.807, 2.05) is 19.1 Å². The van der Waals surface area contributed by atoms with Crippen LogP contribution in [0.4, 0.5) is 4.39 Å². The highest BCUT2D eigenvalue weighted by Crippen LogP contribution is 2.34. The largest absolute Gasteiger partial charge is 0.508 e. The number of hydrogen-bond donors (Lipinski definition) is 1. The maximum Gasteiger partial charge on any atom is 0.163 e. The Hall–Kier alpha value is -2.92. The molecule has 1 N–H and O–H groups in total. The van der Waals surface area contributed by atoms with Crippen molar-refractivity contribution in [3.8, 4) is 5.75 Å². The van der Waals surface area contributed by atoms with Gasteiger partial charge in [0.2, 0.25) is 0 Å². The number of benzene rings is 2. The standard InChI is InChI=1S/C20H18FNO3/c1-2-3-19-18(13-23)20(15-6-8-16(21)9-7-15)25-22(19)12-14-4-10-17(24)11-5-14/h2-11,13,19,24H,12H2,1H3. The monoisotopic (exact) mass is 339 g/mol. The van der Waals surface area contributed by atoms with Gasteiger partial charge in [0.25, 0.3) is 0 Å². The number of hydrogen-bond acceptors (Lipinski definition) is 4. The van der Waals surface area contributed by atoms with Crippen LogP contribution in [0.2, 0.25) is 0 Å². The molecule has 0 aliphatic carbocycles. The number of carbonyl (C=O) groups is 1. The molecule has 0 radical (unpaired) electrons. The summed E-state index contributed by atoms with van der Waals surface area (Å²) in [5.41, 5.74) is 2.06. The Kier molecular flexibility index (Phi) is 4.95. The van der Waals surface area contributed by atoms with E-state index in [-0.39, 0.29) is 17.6 Å². The fourth-order valence-corrected chi connectivity index (χ4v) is 2.75. The molecule has 0 spiro atoms. The molecule has 0 saturated heterocycles. The number of rotatable bonds is 5. The van der Waals surface area contributed by atoms with Crippen molar-refractivity contribution in [1.82, 2.24) is 5.06 Å². The molecular formula is C20H18FNO3. The quantitative estimate of drug-likeness (QED) is 0.664. The van der Waals surface area contributed by atoms with E-state index >= 15 is 0 Å². The van der Waals surface area contributed by atoms with Gasteiger partial charge in [-0.3, -0.25) is 4.79 Å². The van der Waals surface area contributed by atoms with Crippen molar-refractivity contribution in [3.05, 3.63) is 83.2 Å². The normalized spacial score (nSPS) is 17.9. The van der Waals surface area contributed by atoms with Crippen molar-refractivity contribution in [2.75, 3.05) is 0 Å². The molecule has 0 saturated carbocycles. The molecule has 4 nitrogen and oxygen atoms in total. The number of nitrogens with zero attached hydrogens (tertiary/aromatic N) is 1. The Bertz CT molecular complexity index is 810. The molecule has 1 aliphatic rings. The van der Waals surface area contributed by atoms with E-state index in [0.29, 0.717) is 23.4 Å². The van der Waals surface area contributed by atoms with Gasteiger partial charge >= 0.3 is 0 Å². The van der Waals surface area contributed by atoms with Gasteiger partial charge in [-0.05, 0) is 48.9 Å². The lowest BCUT2D eigenvalue weighted by Gasteiger charge is -2.21. The van der Waals surface area contributed by atoms with Crippen molar-refractivity contribution in [3.63, 3.8) is 0 Å². The number of phenols is 1. The number of hydroxylamine groups is 2. The summed E-state index contributed by atoms with van der Waals surface area (Å²) < 4.78 is 13.2. The number of aldehydes is 1. The van der Waals surface area contributed by atoms with Gasteiger partial charge in [-0.15, -0.1) is 5.06 Å². The Morgan fingerprint density at radius 2 is 1.84 bits per heavy atom. The lowest BCUT2D eigenvalue weighted by atomic mass is 10.0. The lowest BCUT2D eigenvalue weighted by molar-refractivity contribution is -0.107. The SMILES string of the molecule is CC=CC1C(C=O)=C(c2ccc(F)cc2)ON1Cc1ccc(O)cc1. The summed E-state index contributed by atoms with van der Waals surface area (Å²) in [5, 5.41) is 11.1. The Morgan fingerprint density at radius 1 is 1.16 bits per heavy atom. The molecule has 1 aliphatic heterocycles. The van der Waals surface area contributed by atoms with Crippen molar-refractivity contribution >= 4 is 12.0 Å². The zero-order valence-corrected chi connectivity index (χ0v) is 13.7. The van der Waals surface area contributed by atoms with Crippen LogP contribution >= 0.6 is 0 Å². The number of allylic oxidation sites excluding steroid dienone is 1. The number of phenolic OH excluding ortho intramolecular Hbond substituents is 1. The average Bonchev–Trinajstić information content (AvgIpc) is 2.95. The van der Waals surface area contributed by atoms with E-state index in [2.05, 4.69) is 0 Å². The molecule has 0 aromatic heterocycles. The molecule has 0 amide bonds. The molecule has 3 rings (SSSR count). The van der Waals surface area contributed by atoms with Crippen molar-refractivity contribution in [1.29, 1.82) is 0 Å². The minimum Gasteiger partial charge on any atom is -0.508 e. The van der Waals surface area contributed by atoms with E-state index in [1.54, 1.807) is 41.5 Å². The molecule has 25 heavy (non-hydrogen) atoms. The Morgan fingerprint density at radius 3 is 2.44 bits per heavy atom. The van der Waals surface area contributed by atoms with Crippen LogP contribution in [0.15, 0.2) is 66.3 Å². The summed E-state index contributed by atoms with van der Waals surface area (Å²) in [6.07, 6.45) is 4.51. The highest BCUT2D eigenvalue weighted by Gasteiger charge is 2.34. The molecule has 1 atom stereocenters. The smallest absolute Gasteiger partial charge is 0.163 e. The molecule has 128 valence electrons. The second kappa shape index (κ2) is 7.32. The first kappa shape index (κ1) is 16.9. The van der Waals surface area contributed by atoms with Crippen LogP contribution in [0.3, 0.4) is 0 Å². The van der Waals surface area contributed by atoms with E-state index in [1.165, 1.54) is 12.1 Å². The topological polar surface area (TPSA) is 49.8 Å². The third-order valence-electron chi connectivity index (χ3n) is 3.98. The molecule has 5 heteroatoms. The predicted molar refractivity (Wildman–Crippen MR) is 92.7 cm³/mol. The van der Waals surface area contributed by atoms with Gasteiger partial charge in [-0.2, -0.15) is 0 Å². The zero-order chi connectivity index (χ0) is 17.8. The lowest BCUT2D eigenvalue weighted by Crippen LogP contribution is -2.29. The average molecular weight is 339 g/mol. The van der Waals surface area contributed by atoms with Gasteiger partial charge in [-0.25, -0.2) is 4.39 Å². The fraction of sp³-hybridized carbons (Fsp3) is 0.150. The highest BCUT2D eigenvalue weighted by molar-refractivity contribution is 5.89. The van der Waals surface area contributed by atoms with Gasteiger partial charge in [0, 0.05) is 5.56 Å². The summed E-state index contributed by atoms with van der Waals surface area (Å²) in [6.45, 7) is 2.30. The molecule has 1 unspecified atom stereocenters. The first-order valence-corrected chi connectivity index (χ1v) is 7.93. The van der Waals surface area contributed by atoms with Gasteiger partial charge < -0.3 is 9.94 Å².